The molecular weight excluding hydrogens is 238 g/mol. The molecule has 1 nitrogen and oxygen atoms in total. The number of allylic oxidation sites excluding steroid dienone is 1. The first-order valence-corrected chi connectivity index (χ1v) is 8.16. The quantitative estimate of drug-likeness (QED) is 0.818. The third kappa shape index (κ3) is 2.81. The predicted octanol–water partition coefficient (Wildman–Crippen LogP) is 4.06. The van der Waals surface area contributed by atoms with Crippen LogP contribution in [-0.4, -0.2) is 12.3 Å². The second-order valence-corrected chi connectivity index (χ2v) is 6.26. The van der Waals surface area contributed by atoms with Crippen molar-refractivity contribution in [3.8, 4) is 0 Å². The van der Waals surface area contributed by atoms with E-state index in [1.165, 1.54) is 48.3 Å². The Bertz CT molecular complexity index is 438. The molecule has 1 N–H and O–H groups in total. The van der Waals surface area contributed by atoms with Crippen molar-refractivity contribution in [1.82, 2.24) is 5.32 Å². The van der Waals surface area contributed by atoms with Crippen molar-refractivity contribution in [3.05, 3.63) is 47.0 Å². The molecule has 0 amide bonds. The molecule has 1 unspecified atom stereocenters. The maximum Gasteiger partial charge on any atom is 0.0415 e. The summed E-state index contributed by atoms with van der Waals surface area (Å²) < 4.78 is 0. The molecule has 1 aromatic rings. The van der Waals surface area contributed by atoms with E-state index >= 15 is 0 Å². The molecule has 0 fully saturated rings. The normalized spacial score (nSPS) is 22.7. The van der Waals surface area contributed by atoms with Gasteiger partial charge in [0.15, 0.2) is 0 Å². The summed E-state index contributed by atoms with van der Waals surface area (Å²) in [6.07, 6.45) is 7.68. The Kier molecular flexibility index (Phi) is 4.06. The monoisotopic (exact) mass is 259 g/mol. The van der Waals surface area contributed by atoms with Gasteiger partial charge in [-0.2, -0.15) is 11.8 Å². The zero-order chi connectivity index (χ0) is 12.2. The van der Waals surface area contributed by atoms with Crippen molar-refractivity contribution in [1.29, 1.82) is 0 Å². The van der Waals surface area contributed by atoms with Gasteiger partial charge in [-0.3, -0.25) is 0 Å². The number of nitrogens with one attached hydrogen (secondary N) is 1. The molecule has 2 aliphatic rings. The Morgan fingerprint density at radius 3 is 3.11 bits per heavy atom. The fraction of sp³-hybridized carbons (Fsp3) is 0.500. The minimum atomic E-state index is 0.557. The molecule has 1 aromatic carbocycles. The molecule has 1 atom stereocenters. The van der Waals surface area contributed by atoms with Crippen LogP contribution in [0.25, 0.3) is 0 Å². The molecule has 18 heavy (non-hydrogen) atoms. The SMILES string of the molecule is C1=C(CCNC2CSCc3ccccc32)CCC1. The van der Waals surface area contributed by atoms with Gasteiger partial charge in [0, 0.05) is 17.5 Å². The number of rotatable bonds is 4. The van der Waals surface area contributed by atoms with Crippen molar-refractivity contribution >= 4 is 11.8 Å². The molecule has 0 saturated heterocycles. The van der Waals surface area contributed by atoms with Crippen LogP contribution in [0.4, 0.5) is 0 Å². The van der Waals surface area contributed by atoms with E-state index in [9.17, 15) is 0 Å². The van der Waals surface area contributed by atoms with Gasteiger partial charge in [0.1, 0.15) is 0 Å². The molecule has 2 heteroatoms. The summed E-state index contributed by atoms with van der Waals surface area (Å²) in [5.41, 5.74) is 4.71. The standard InChI is InChI=1S/C16H21NS/c1-2-6-13(5-1)9-10-17-16-12-18-11-14-7-3-4-8-15(14)16/h3-5,7-8,16-17H,1-2,6,9-12H2. The van der Waals surface area contributed by atoms with E-state index in [4.69, 9.17) is 0 Å². The third-order valence-corrected chi connectivity index (χ3v) is 5.03. The van der Waals surface area contributed by atoms with Gasteiger partial charge in [-0.05, 0) is 43.4 Å². The van der Waals surface area contributed by atoms with Gasteiger partial charge in [-0.25, -0.2) is 0 Å². The molecule has 3 rings (SSSR count). The van der Waals surface area contributed by atoms with Gasteiger partial charge < -0.3 is 5.32 Å². The Labute approximate surface area is 114 Å². The van der Waals surface area contributed by atoms with Crippen LogP contribution in [-0.2, 0) is 5.75 Å². The summed E-state index contributed by atoms with van der Waals surface area (Å²) in [7, 11) is 0. The molecule has 0 bridgehead atoms. The minimum absolute atomic E-state index is 0.557. The summed E-state index contributed by atoms with van der Waals surface area (Å²) >= 11 is 2.05. The van der Waals surface area contributed by atoms with Crippen LogP contribution >= 0.6 is 11.8 Å². The number of hydrogen-bond acceptors (Lipinski definition) is 2. The lowest BCUT2D eigenvalue weighted by atomic mass is 10.0. The molecule has 1 aliphatic heterocycles. The van der Waals surface area contributed by atoms with E-state index in [1.54, 1.807) is 5.57 Å². The highest BCUT2D eigenvalue weighted by Gasteiger charge is 2.19. The first kappa shape index (κ1) is 12.3. The largest absolute Gasteiger partial charge is 0.309 e. The topological polar surface area (TPSA) is 12.0 Å². The smallest absolute Gasteiger partial charge is 0.0415 e. The summed E-state index contributed by atoms with van der Waals surface area (Å²) in [5, 5.41) is 3.74. The van der Waals surface area contributed by atoms with E-state index < -0.39 is 0 Å². The first-order valence-electron chi connectivity index (χ1n) is 7.00. The van der Waals surface area contributed by atoms with Crippen LogP contribution in [0.2, 0.25) is 0 Å². The van der Waals surface area contributed by atoms with Crippen LogP contribution in [0.5, 0.6) is 0 Å². The second-order valence-electron chi connectivity index (χ2n) is 5.23. The summed E-state index contributed by atoms with van der Waals surface area (Å²) in [6.45, 7) is 1.13. The van der Waals surface area contributed by atoms with Gasteiger partial charge >= 0.3 is 0 Å². The average molecular weight is 259 g/mol. The lowest BCUT2D eigenvalue weighted by molar-refractivity contribution is 0.573. The van der Waals surface area contributed by atoms with Gasteiger partial charge in [-0.1, -0.05) is 35.9 Å². The van der Waals surface area contributed by atoms with E-state index in [-0.39, 0.29) is 0 Å². The van der Waals surface area contributed by atoms with Crippen LogP contribution in [0.15, 0.2) is 35.9 Å². The van der Waals surface area contributed by atoms with Crippen molar-refractivity contribution in [3.63, 3.8) is 0 Å². The summed E-state index contributed by atoms with van der Waals surface area (Å²) in [4.78, 5) is 0. The van der Waals surface area contributed by atoms with E-state index in [2.05, 4.69) is 47.4 Å². The third-order valence-electron chi connectivity index (χ3n) is 3.94. The Morgan fingerprint density at radius 2 is 2.22 bits per heavy atom. The zero-order valence-electron chi connectivity index (χ0n) is 10.8. The minimum Gasteiger partial charge on any atom is -0.309 e. The predicted molar refractivity (Wildman–Crippen MR) is 79.9 cm³/mol. The number of hydrogen-bond donors (Lipinski definition) is 1. The Hall–Kier alpha value is -0.730. The van der Waals surface area contributed by atoms with Crippen LogP contribution < -0.4 is 5.32 Å². The van der Waals surface area contributed by atoms with Crippen LogP contribution in [0.1, 0.15) is 42.9 Å². The fourth-order valence-electron chi connectivity index (χ4n) is 2.92. The lowest BCUT2D eigenvalue weighted by Gasteiger charge is -2.26. The van der Waals surface area contributed by atoms with Gasteiger partial charge in [0.2, 0.25) is 0 Å². The Morgan fingerprint density at radius 1 is 1.28 bits per heavy atom. The molecule has 1 heterocycles. The molecule has 96 valence electrons. The second kappa shape index (κ2) is 5.94. The molecule has 0 saturated carbocycles. The van der Waals surface area contributed by atoms with Crippen LogP contribution in [0.3, 0.4) is 0 Å². The van der Waals surface area contributed by atoms with Crippen molar-refractivity contribution in [2.45, 2.75) is 37.5 Å². The highest BCUT2D eigenvalue weighted by molar-refractivity contribution is 7.98. The van der Waals surface area contributed by atoms with Gasteiger partial charge in [-0.15, -0.1) is 0 Å². The van der Waals surface area contributed by atoms with E-state index in [0.717, 1.165) is 6.54 Å². The number of fused-ring (bicyclic) bond motifs is 1. The van der Waals surface area contributed by atoms with Crippen molar-refractivity contribution in [2.75, 3.05) is 12.3 Å². The number of benzene rings is 1. The lowest BCUT2D eigenvalue weighted by Crippen LogP contribution is -2.27. The Balaban J connectivity index is 1.57. The molecular formula is C16H21NS. The highest BCUT2D eigenvalue weighted by Crippen LogP contribution is 2.31. The fourth-order valence-corrected chi connectivity index (χ4v) is 4.06. The zero-order valence-corrected chi connectivity index (χ0v) is 11.6. The highest BCUT2D eigenvalue weighted by atomic mass is 32.2. The van der Waals surface area contributed by atoms with Crippen LogP contribution in [0, 0.1) is 0 Å². The average Bonchev–Trinajstić information content (AvgIpc) is 2.92. The molecule has 0 radical (unpaired) electrons. The maximum absolute atomic E-state index is 3.74. The van der Waals surface area contributed by atoms with Gasteiger partial charge in [0.05, 0.1) is 0 Å². The first-order chi connectivity index (χ1) is 8.93. The maximum atomic E-state index is 3.74. The van der Waals surface area contributed by atoms with E-state index in [0.29, 0.717) is 6.04 Å². The van der Waals surface area contributed by atoms with Gasteiger partial charge in [0.25, 0.3) is 0 Å². The summed E-state index contributed by atoms with van der Waals surface area (Å²) in [6, 6.07) is 9.45. The summed E-state index contributed by atoms with van der Waals surface area (Å²) in [5.74, 6) is 2.40. The molecule has 0 aromatic heterocycles. The van der Waals surface area contributed by atoms with Crippen molar-refractivity contribution in [2.24, 2.45) is 0 Å². The molecule has 0 spiro atoms. The van der Waals surface area contributed by atoms with Crippen molar-refractivity contribution < 1.29 is 0 Å². The number of thioether (sulfide) groups is 1. The van der Waals surface area contributed by atoms with E-state index in [1.807, 2.05) is 0 Å². The molecule has 1 aliphatic carbocycles.